The second-order valence-corrected chi connectivity index (χ2v) is 4.52. The molecular formula is C10H13BrN4. The number of nitrogens with zero attached hydrogens (tertiary/aromatic N) is 3. The molecule has 0 saturated heterocycles. The van der Waals surface area contributed by atoms with Crippen molar-refractivity contribution in [2.45, 2.75) is 26.3 Å². The lowest BCUT2D eigenvalue weighted by Gasteiger charge is -1.99. The average Bonchev–Trinajstić information content (AvgIpc) is 2.56. The summed E-state index contributed by atoms with van der Waals surface area (Å²) in [5.74, 6) is 0.367. The molecule has 15 heavy (non-hydrogen) atoms. The summed E-state index contributed by atoms with van der Waals surface area (Å²) in [7, 11) is 0. The molecule has 2 heterocycles. The highest BCUT2D eigenvalue weighted by molar-refractivity contribution is 9.10. The molecule has 5 heteroatoms. The molecular weight excluding hydrogens is 256 g/mol. The Labute approximate surface area is 96.6 Å². The molecule has 0 bridgehead atoms. The van der Waals surface area contributed by atoms with Crippen LogP contribution in [0.5, 0.6) is 0 Å². The van der Waals surface area contributed by atoms with Crippen LogP contribution in [0.4, 0.5) is 0 Å². The average molecular weight is 269 g/mol. The smallest absolute Gasteiger partial charge is 0.169 e. The van der Waals surface area contributed by atoms with Crippen LogP contribution in [0.2, 0.25) is 0 Å². The van der Waals surface area contributed by atoms with Crippen LogP contribution in [0.25, 0.3) is 5.65 Å². The fraction of sp³-hybridized carbons (Fsp3) is 0.400. The van der Waals surface area contributed by atoms with E-state index in [-0.39, 0.29) is 0 Å². The van der Waals surface area contributed by atoms with E-state index in [1.807, 2.05) is 6.07 Å². The zero-order chi connectivity index (χ0) is 11.0. The van der Waals surface area contributed by atoms with Crippen molar-refractivity contribution in [3.05, 3.63) is 28.1 Å². The van der Waals surface area contributed by atoms with Crippen LogP contribution < -0.4 is 5.73 Å². The number of aromatic nitrogens is 3. The highest BCUT2D eigenvalue weighted by Gasteiger charge is 2.15. The standard InChI is InChI=1S/C10H13BrN4/c1-6(2)9-8(11)10-13-4-3-7(5-12)15(10)14-9/h3-4,6H,5,12H2,1-2H3. The third-order valence-electron chi connectivity index (χ3n) is 2.32. The lowest BCUT2D eigenvalue weighted by Crippen LogP contribution is -2.05. The Morgan fingerprint density at radius 1 is 1.53 bits per heavy atom. The zero-order valence-electron chi connectivity index (χ0n) is 8.74. The molecule has 0 atom stereocenters. The second kappa shape index (κ2) is 3.90. The summed E-state index contributed by atoms with van der Waals surface area (Å²) in [6.45, 7) is 4.67. The van der Waals surface area contributed by atoms with Crippen LogP contribution in [0, 0.1) is 0 Å². The van der Waals surface area contributed by atoms with E-state index < -0.39 is 0 Å². The fourth-order valence-corrected chi connectivity index (χ4v) is 2.31. The minimum Gasteiger partial charge on any atom is -0.325 e. The number of hydrogen-bond donors (Lipinski definition) is 1. The van der Waals surface area contributed by atoms with Gasteiger partial charge in [-0.3, -0.25) is 0 Å². The predicted octanol–water partition coefficient (Wildman–Crippen LogP) is 2.07. The zero-order valence-corrected chi connectivity index (χ0v) is 10.3. The SMILES string of the molecule is CC(C)c1nn2c(CN)ccnc2c1Br. The monoisotopic (exact) mass is 268 g/mol. The first-order valence-corrected chi connectivity index (χ1v) is 5.66. The maximum absolute atomic E-state index is 5.65. The minimum absolute atomic E-state index is 0.367. The molecule has 0 unspecified atom stereocenters. The second-order valence-electron chi connectivity index (χ2n) is 3.73. The molecule has 0 aliphatic rings. The van der Waals surface area contributed by atoms with Gasteiger partial charge in [-0.15, -0.1) is 0 Å². The van der Waals surface area contributed by atoms with Crippen molar-refractivity contribution in [1.29, 1.82) is 0 Å². The van der Waals surface area contributed by atoms with Crippen molar-refractivity contribution in [2.24, 2.45) is 5.73 Å². The van der Waals surface area contributed by atoms with Gasteiger partial charge in [0, 0.05) is 12.7 Å². The van der Waals surface area contributed by atoms with E-state index in [1.165, 1.54) is 0 Å². The summed E-state index contributed by atoms with van der Waals surface area (Å²) in [6.07, 6.45) is 1.76. The lowest BCUT2D eigenvalue weighted by molar-refractivity contribution is 0.759. The van der Waals surface area contributed by atoms with Crippen LogP contribution in [-0.2, 0) is 6.54 Å². The Bertz CT molecular complexity index is 489. The Kier molecular flexibility index (Phi) is 2.75. The Morgan fingerprint density at radius 3 is 2.87 bits per heavy atom. The maximum atomic E-state index is 5.65. The fourth-order valence-electron chi connectivity index (χ4n) is 1.51. The first-order chi connectivity index (χ1) is 7.15. The minimum atomic E-state index is 0.367. The van der Waals surface area contributed by atoms with Crippen molar-refractivity contribution in [3.63, 3.8) is 0 Å². The number of hydrogen-bond acceptors (Lipinski definition) is 3. The first-order valence-electron chi connectivity index (χ1n) is 4.87. The molecule has 2 aromatic heterocycles. The van der Waals surface area contributed by atoms with Gasteiger partial charge < -0.3 is 5.73 Å². The molecule has 2 aromatic rings. The molecule has 0 amide bonds. The van der Waals surface area contributed by atoms with Gasteiger partial charge in [-0.05, 0) is 27.9 Å². The van der Waals surface area contributed by atoms with Crippen LogP contribution in [0.3, 0.4) is 0 Å². The van der Waals surface area contributed by atoms with E-state index in [0.29, 0.717) is 12.5 Å². The van der Waals surface area contributed by atoms with Gasteiger partial charge in [-0.25, -0.2) is 9.50 Å². The van der Waals surface area contributed by atoms with Crippen molar-refractivity contribution in [2.75, 3.05) is 0 Å². The molecule has 0 fully saturated rings. The predicted molar refractivity (Wildman–Crippen MR) is 62.7 cm³/mol. The molecule has 4 nitrogen and oxygen atoms in total. The van der Waals surface area contributed by atoms with Gasteiger partial charge in [0.2, 0.25) is 0 Å². The van der Waals surface area contributed by atoms with E-state index in [0.717, 1.165) is 21.5 Å². The van der Waals surface area contributed by atoms with Crippen molar-refractivity contribution in [1.82, 2.24) is 14.6 Å². The van der Waals surface area contributed by atoms with Gasteiger partial charge in [0.15, 0.2) is 5.65 Å². The van der Waals surface area contributed by atoms with E-state index >= 15 is 0 Å². The topological polar surface area (TPSA) is 56.2 Å². The normalized spacial score (nSPS) is 11.5. The molecule has 0 saturated carbocycles. The summed E-state index contributed by atoms with van der Waals surface area (Å²) in [6, 6.07) is 1.89. The Hall–Kier alpha value is -0.940. The van der Waals surface area contributed by atoms with Crippen molar-refractivity contribution < 1.29 is 0 Å². The van der Waals surface area contributed by atoms with Gasteiger partial charge in [0.1, 0.15) is 0 Å². The number of rotatable bonds is 2. The molecule has 0 aliphatic heterocycles. The van der Waals surface area contributed by atoms with E-state index in [2.05, 4.69) is 39.9 Å². The van der Waals surface area contributed by atoms with Gasteiger partial charge in [0.25, 0.3) is 0 Å². The highest BCUT2D eigenvalue weighted by Crippen LogP contribution is 2.27. The van der Waals surface area contributed by atoms with E-state index in [4.69, 9.17) is 5.73 Å². The third kappa shape index (κ3) is 1.66. The van der Waals surface area contributed by atoms with Crippen LogP contribution >= 0.6 is 15.9 Å². The third-order valence-corrected chi connectivity index (χ3v) is 3.08. The lowest BCUT2D eigenvalue weighted by atomic mass is 10.1. The van der Waals surface area contributed by atoms with Crippen LogP contribution in [-0.4, -0.2) is 14.6 Å². The summed E-state index contributed by atoms with van der Waals surface area (Å²) in [5.41, 5.74) is 8.46. The van der Waals surface area contributed by atoms with Gasteiger partial charge >= 0.3 is 0 Å². The molecule has 0 aromatic carbocycles. The molecule has 0 aliphatic carbocycles. The van der Waals surface area contributed by atoms with Gasteiger partial charge in [0.05, 0.1) is 15.9 Å². The molecule has 0 spiro atoms. The maximum Gasteiger partial charge on any atom is 0.169 e. The number of nitrogens with two attached hydrogens (primary N) is 1. The molecule has 80 valence electrons. The van der Waals surface area contributed by atoms with Crippen LogP contribution in [0.1, 0.15) is 31.2 Å². The largest absolute Gasteiger partial charge is 0.325 e. The molecule has 2 rings (SSSR count). The first kappa shape index (κ1) is 10.6. The van der Waals surface area contributed by atoms with Crippen molar-refractivity contribution in [3.8, 4) is 0 Å². The molecule has 2 N–H and O–H groups in total. The Balaban J connectivity index is 2.75. The molecule has 0 radical (unpaired) electrons. The van der Waals surface area contributed by atoms with E-state index in [1.54, 1.807) is 10.7 Å². The quantitative estimate of drug-likeness (QED) is 0.908. The number of fused-ring (bicyclic) bond motifs is 1. The van der Waals surface area contributed by atoms with Crippen molar-refractivity contribution >= 4 is 21.6 Å². The van der Waals surface area contributed by atoms with Crippen LogP contribution in [0.15, 0.2) is 16.7 Å². The summed E-state index contributed by atoms with van der Waals surface area (Å²) in [5, 5.41) is 4.51. The summed E-state index contributed by atoms with van der Waals surface area (Å²) < 4.78 is 2.77. The Morgan fingerprint density at radius 2 is 2.27 bits per heavy atom. The van der Waals surface area contributed by atoms with Gasteiger partial charge in [-0.1, -0.05) is 13.8 Å². The summed E-state index contributed by atoms with van der Waals surface area (Å²) >= 11 is 3.53. The van der Waals surface area contributed by atoms with E-state index in [9.17, 15) is 0 Å². The van der Waals surface area contributed by atoms with Gasteiger partial charge in [-0.2, -0.15) is 5.10 Å². The highest BCUT2D eigenvalue weighted by atomic mass is 79.9. The summed E-state index contributed by atoms with van der Waals surface area (Å²) in [4.78, 5) is 4.29. The number of halogens is 1.